The first kappa shape index (κ1) is 13.8. The van der Waals surface area contributed by atoms with Gasteiger partial charge in [-0.2, -0.15) is 0 Å². The number of nitrogens with zero attached hydrogens (tertiary/aromatic N) is 1. The molecule has 2 heterocycles. The maximum absolute atomic E-state index is 11.9. The number of hydrogen-bond donors (Lipinski definition) is 0. The van der Waals surface area contributed by atoms with Crippen LogP contribution in [0.2, 0.25) is 0 Å². The lowest BCUT2D eigenvalue weighted by Gasteiger charge is -2.34. The van der Waals surface area contributed by atoms with Gasteiger partial charge in [0.15, 0.2) is 5.78 Å². The SMILES string of the molecule is CC1CC(C)CN(CCCC(=O)c2cccs2)C1. The highest BCUT2D eigenvalue weighted by molar-refractivity contribution is 7.12. The van der Waals surface area contributed by atoms with Crippen molar-refractivity contribution in [2.75, 3.05) is 19.6 Å². The number of carbonyl (C=O) groups excluding carboxylic acids is 1. The summed E-state index contributed by atoms with van der Waals surface area (Å²) in [5.41, 5.74) is 0. The molecule has 1 aromatic heterocycles. The summed E-state index contributed by atoms with van der Waals surface area (Å²) < 4.78 is 0. The summed E-state index contributed by atoms with van der Waals surface area (Å²) in [6, 6.07) is 3.88. The molecule has 0 spiro atoms. The van der Waals surface area contributed by atoms with Gasteiger partial charge in [-0.25, -0.2) is 0 Å². The molecule has 2 nitrogen and oxygen atoms in total. The quantitative estimate of drug-likeness (QED) is 0.757. The highest BCUT2D eigenvalue weighted by atomic mass is 32.1. The highest BCUT2D eigenvalue weighted by Gasteiger charge is 2.21. The Balaban J connectivity index is 1.70. The molecule has 1 aromatic rings. The fourth-order valence-corrected chi connectivity index (χ4v) is 3.69. The summed E-state index contributed by atoms with van der Waals surface area (Å²) in [6.07, 6.45) is 3.04. The molecule has 0 saturated carbocycles. The Kier molecular flexibility index (Phi) is 4.95. The molecule has 1 aliphatic heterocycles. The average Bonchev–Trinajstić information content (AvgIpc) is 2.80. The van der Waals surface area contributed by atoms with Crippen molar-refractivity contribution in [3.8, 4) is 0 Å². The number of piperidine rings is 1. The highest BCUT2D eigenvalue weighted by Crippen LogP contribution is 2.21. The predicted molar refractivity (Wildman–Crippen MR) is 77.3 cm³/mol. The Labute approximate surface area is 114 Å². The standard InChI is InChI=1S/C15H23NOS/c1-12-9-13(2)11-16(10-12)7-3-5-14(17)15-6-4-8-18-15/h4,6,8,12-13H,3,5,7,9-11H2,1-2H3. The van der Waals surface area contributed by atoms with Gasteiger partial charge in [-0.15, -0.1) is 11.3 Å². The van der Waals surface area contributed by atoms with Crippen molar-refractivity contribution in [2.24, 2.45) is 11.8 Å². The smallest absolute Gasteiger partial charge is 0.172 e. The third kappa shape index (κ3) is 3.92. The summed E-state index contributed by atoms with van der Waals surface area (Å²) in [6.45, 7) is 8.15. The third-order valence-corrected chi connectivity index (χ3v) is 4.53. The molecule has 1 aliphatic rings. The molecule has 0 bridgehead atoms. The van der Waals surface area contributed by atoms with E-state index in [1.165, 1.54) is 19.5 Å². The van der Waals surface area contributed by atoms with Gasteiger partial charge in [0.05, 0.1) is 4.88 Å². The number of thiophene rings is 1. The minimum atomic E-state index is 0.308. The molecule has 0 radical (unpaired) electrons. The van der Waals surface area contributed by atoms with E-state index < -0.39 is 0 Å². The number of rotatable bonds is 5. The van der Waals surface area contributed by atoms with Crippen LogP contribution in [0.25, 0.3) is 0 Å². The van der Waals surface area contributed by atoms with E-state index in [9.17, 15) is 4.79 Å². The van der Waals surface area contributed by atoms with Crippen molar-refractivity contribution in [3.63, 3.8) is 0 Å². The van der Waals surface area contributed by atoms with E-state index in [-0.39, 0.29) is 0 Å². The summed E-state index contributed by atoms with van der Waals surface area (Å²) >= 11 is 1.55. The van der Waals surface area contributed by atoms with Crippen molar-refractivity contribution in [2.45, 2.75) is 33.1 Å². The first-order valence-corrected chi connectivity index (χ1v) is 7.82. The third-order valence-electron chi connectivity index (χ3n) is 3.62. The van der Waals surface area contributed by atoms with Gasteiger partial charge in [0.25, 0.3) is 0 Å². The van der Waals surface area contributed by atoms with Crippen LogP contribution in [0.5, 0.6) is 0 Å². The lowest BCUT2D eigenvalue weighted by Crippen LogP contribution is -2.39. The second-order valence-electron chi connectivity index (χ2n) is 5.71. The van der Waals surface area contributed by atoms with Crippen LogP contribution in [0.4, 0.5) is 0 Å². The molecule has 2 atom stereocenters. The van der Waals surface area contributed by atoms with E-state index in [2.05, 4.69) is 18.7 Å². The second kappa shape index (κ2) is 6.48. The van der Waals surface area contributed by atoms with Crippen LogP contribution in [0.15, 0.2) is 17.5 Å². The molecule has 2 rings (SSSR count). The molecule has 2 unspecified atom stereocenters. The molecule has 0 N–H and O–H groups in total. The summed E-state index contributed by atoms with van der Waals surface area (Å²) in [5, 5.41) is 1.97. The Hall–Kier alpha value is -0.670. The lowest BCUT2D eigenvalue weighted by molar-refractivity contribution is 0.0966. The van der Waals surface area contributed by atoms with Crippen LogP contribution < -0.4 is 0 Å². The molecule has 3 heteroatoms. The van der Waals surface area contributed by atoms with Gasteiger partial charge in [-0.05, 0) is 42.7 Å². The fourth-order valence-electron chi connectivity index (χ4n) is 3.00. The zero-order chi connectivity index (χ0) is 13.0. The summed E-state index contributed by atoms with van der Waals surface area (Å²) in [5.74, 6) is 1.92. The number of hydrogen-bond acceptors (Lipinski definition) is 3. The normalized spacial score (nSPS) is 25.2. The van der Waals surface area contributed by atoms with Crippen molar-refractivity contribution in [3.05, 3.63) is 22.4 Å². The van der Waals surface area contributed by atoms with E-state index in [4.69, 9.17) is 0 Å². The first-order valence-electron chi connectivity index (χ1n) is 6.94. The van der Waals surface area contributed by atoms with E-state index >= 15 is 0 Å². The monoisotopic (exact) mass is 265 g/mol. The van der Waals surface area contributed by atoms with Gasteiger partial charge in [0, 0.05) is 19.5 Å². The summed E-state index contributed by atoms with van der Waals surface area (Å²) in [7, 11) is 0. The van der Waals surface area contributed by atoms with E-state index in [0.29, 0.717) is 12.2 Å². The maximum atomic E-state index is 11.9. The van der Waals surface area contributed by atoms with Crippen molar-refractivity contribution in [1.82, 2.24) is 4.90 Å². The van der Waals surface area contributed by atoms with Gasteiger partial charge in [0.2, 0.25) is 0 Å². The largest absolute Gasteiger partial charge is 0.303 e. The summed E-state index contributed by atoms with van der Waals surface area (Å²) in [4.78, 5) is 15.3. The molecule has 18 heavy (non-hydrogen) atoms. The van der Waals surface area contributed by atoms with Crippen LogP contribution in [0.1, 0.15) is 42.8 Å². The van der Waals surface area contributed by atoms with E-state index in [1.807, 2.05) is 17.5 Å². The predicted octanol–water partition coefficient (Wildman–Crippen LogP) is 3.69. The average molecular weight is 265 g/mol. The molecule has 0 aromatic carbocycles. The minimum absolute atomic E-state index is 0.308. The van der Waals surface area contributed by atoms with Crippen LogP contribution in [-0.4, -0.2) is 30.3 Å². The van der Waals surface area contributed by atoms with Crippen LogP contribution >= 0.6 is 11.3 Å². The molecular weight excluding hydrogens is 242 g/mol. The van der Waals surface area contributed by atoms with Gasteiger partial charge >= 0.3 is 0 Å². The number of ketones is 1. The first-order chi connectivity index (χ1) is 8.65. The van der Waals surface area contributed by atoms with Gasteiger partial charge in [-0.1, -0.05) is 19.9 Å². The van der Waals surface area contributed by atoms with Gasteiger partial charge < -0.3 is 4.90 Å². The van der Waals surface area contributed by atoms with Crippen LogP contribution in [-0.2, 0) is 0 Å². The Morgan fingerprint density at radius 3 is 2.72 bits per heavy atom. The Morgan fingerprint density at radius 1 is 1.39 bits per heavy atom. The van der Waals surface area contributed by atoms with Crippen LogP contribution in [0.3, 0.4) is 0 Å². The second-order valence-corrected chi connectivity index (χ2v) is 6.66. The van der Waals surface area contributed by atoms with Crippen molar-refractivity contribution < 1.29 is 4.79 Å². The zero-order valence-electron chi connectivity index (χ0n) is 11.4. The minimum Gasteiger partial charge on any atom is -0.303 e. The van der Waals surface area contributed by atoms with E-state index in [1.54, 1.807) is 11.3 Å². The molecule has 1 saturated heterocycles. The number of likely N-dealkylation sites (tertiary alicyclic amines) is 1. The molecular formula is C15H23NOS. The fraction of sp³-hybridized carbons (Fsp3) is 0.667. The van der Waals surface area contributed by atoms with Gasteiger partial charge in [0.1, 0.15) is 0 Å². The van der Waals surface area contributed by atoms with E-state index in [0.717, 1.165) is 29.7 Å². The van der Waals surface area contributed by atoms with Gasteiger partial charge in [-0.3, -0.25) is 4.79 Å². The maximum Gasteiger partial charge on any atom is 0.172 e. The number of Topliss-reactive ketones (excluding diaryl/α,β-unsaturated/α-hetero) is 1. The molecule has 1 fully saturated rings. The number of carbonyl (C=O) groups is 1. The topological polar surface area (TPSA) is 20.3 Å². The van der Waals surface area contributed by atoms with Crippen LogP contribution in [0, 0.1) is 11.8 Å². The molecule has 0 amide bonds. The Morgan fingerprint density at radius 2 is 2.11 bits per heavy atom. The molecule has 0 aliphatic carbocycles. The zero-order valence-corrected chi connectivity index (χ0v) is 12.2. The van der Waals surface area contributed by atoms with Crippen molar-refractivity contribution >= 4 is 17.1 Å². The Bertz CT molecular complexity index is 364. The van der Waals surface area contributed by atoms with Crippen molar-refractivity contribution in [1.29, 1.82) is 0 Å². The lowest BCUT2D eigenvalue weighted by atomic mass is 9.92. The molecule has 100 valence electrons.